The standard InChI is InChI=1S/C30H54F2N6O7S/c1-16(15-39)33-24(40)18(12-20(31)32)34-25(41)22-21-17(30(21,8)9)13-38(22)26(42)23(29(5,6)7)36-27(43)35-19(28(2,3)4)14-37(10)46(11,44)45/h16-23,39H,12-15H2,1-11H3,(H,33,40)(H,34,41)(H2,35,36,43)/t16?,17-,18-,19+,21-,22-,23+/m0/s1. The Morgan fingerprint density at radius 3 is 2.02 bits per heavy atom. The first-order chi connectivity index (χ1) is 20.7. The minimum absolute atomic E-state index is 0.0128. The number of nitrogens with one attached hydrogen (secondary N) is 4. The minimum Gasteiger partial charge on any atom is -0.394 e. The summed E-state index contributed by atoms with van der Waals surface area (Å²) < 4.78 is 52.1. The molecule has 13 nitrogen and oxygen atoms in total. The van der Waals surface area contributed by atoms with Crippen LogP contribution in [0.25, 0.3) is 0 Å². The molecular formula is C30H54F2N6O7S. The van der Waals surface area contributed by atoms with Crippen LogP contribution >= 0.6 is 0 Å². The third kappa shape index (κ3) is 9.72. The second-order valence-corrected chi connectivity index (χ2v) is 17.6. The lowest BCUT2D eigenvalue weighted by Gasteiger charge is -2.39. The number of likely N-dealkylation sites (tertiary alicyclic amines) is 1. The number of halogens is 2. The predicted octanol–water partition coefficient (Wildman–Crippen LogP) is 1.13. The second-order valence-electron chi connectivity index (χ2n) is 15.5. The van der Waals surface area contributed by atoms with Crippen LogP contribution in [0.1, 0.15) is 68.7 Å². The Bertz CT molecular complexity index is 1250. The van der Waals surface area contributed by atoms with Gasteiger partial charge in [0.2, 0.25) is 34.2 Å². The van der Waals surface area contributed by atoms with E-state index < -0.39 is 94.3 Å². The maximum absolute atomic E-state index is 14.2. The topological polar surface area (TPSA) is 177 Å². The number of hydrogen-bond donors (Lipinski definition) is 5. The molecule has 2 aliphatic rings. The van der Waals surface area contributed by atoms with E-state index in [9.17, 15) is 41.5 Å². The molecule has 7 atom stereocenters. The van der Waals surface area contributed by atoms with Crippen molar-refractivity contribution in [2.24, 2.45) is 28.1 Å². The Morgan fingerprint density at radius 1 is 1.00 bits per heavy atom. The number of carbonyl (C=O) groups is 4. The first-order valence-corrected chi connectivity index (χ1v) is 17.4. The Labute approximate surface area is 272 Å². The van der Waals surface area contributed by atoms with Crippen molar-refractivity contribution in [1.82, 2.24) is 30.5 Å². The highest BCUT2D eigenvalue weighted by Gasteiger charge is 2.70. The number of hydrogen-bond acceptors (Lipinski definition) is 7. The van der Waals surface area contributed by atoms with E-state index in [1.54, 1.807) is 20.8 Å². The fraction of sp³-hybridized carbons (Fsp3) is 0.867. The number of urea groups is 1. The summed E-state index contributed by atoms with van der Waals surface area (Å²) in [5, 5.41) is 19.7. The summed E-state index contributed by atoms with van der Waals surface area (Å²) in [6.07, 6.45) is -2.80. The lowest BCUT2D eigenvalue weighted by Crippen LogP contribution is -2.63. The number of aliphatic hydroxyl groups excluding tert-OH is 1. The number of fused-ring (bicyclic) bond motifs is 1. The molecule has 2 rings (SSSR count). The lowest BCUT2D eigenvalue weighted by atomic mass is 9.85. The van der Waals surface area contributed by atoms with E-state index in [-0.39, 0.29) is 30.3 Å². The number of amides is 5. The third-order valence-electron chi connectivity index (χ3n) is 9.21. The molecule has 1 heterocycles. The largest absolute Gasteiger partial charge is 0.394 e. The van der Waals surface area contributed by atoms with Crippen LogP contribution in [0.15, 0.2) is 0 Å². The third-order valence-corrected chi connectivity index (χ3v) is 10.5. The van der Waals surface area contributed by atoms with E-state index in [1.165, 1.54) is 18.9 Å². The van der Waals surface area contributed by atoms with Crippen LogP contribution in [-0.4, -0.2) is 116 Å². The molecule has 1 aliphatic carbocycles. The van der Waals surface area contributed by atoms with Crippen molar-refractivity contribution in [3.8, 4) is 0 Å². The van der Waals surface area contributed by atoms with Crippen LogP contribution in [0, 0.1) is 28.1 Å². The van der Waals surface area contributed by atoms with Crippen molar-refractivity contribution in [1.29, 1.82) is 0 Å². The summed E-state index contributed by atoms with van der Waals surface area (Å²) in [4.78, 5) is 55.4. The fourth-order valence-corrected chi connectivity index (χ4v) is 6.36. The molecule has 0 spiro atoms. The molecule has 1 saturated carbocycles. The van der Waals surface area contributed by atoms with E-state index in [4.69, 9.17) is 0 Å². The van der Waals surface area contributed by atoms with Crippen molar-refractivity contribution < 1.29 is 41.5 Å². The monoisotopic (exact) mass is 680 g/mol. The molecule has 46 heavy (non-hydrogen) atoms. The molecule has 2 fully saturated rings. The second kappa shape index (κ2) is 14.3. The molecule has 0 bridgehead atoms. The number of alkyl halides is 2. The SMILES string of the molecule is CC(CO)NC(=O)[C@H](CC(F)F)NC(=O)[C@@H]1[C@@H]2[C@H](CN1C(=O)[C@@H](NC(=O)N[C@H](CN(C)S(C)(=O)=O)C(C)(C)C)C(C)(C)C)C2(C)C. The van der Waals surface area contributed by atoms with Crippen molar-refractivity contribution in [2.45, 2.75) is 105 Å². The van der Waals surface area contributed by atoms with Gasteiger partial charge in [-0.1, -0.05) is 55.4 Å². The van der Waals surface area contributed by atoms with Crippen LogP contribution in [0.2, 0.25) is 0 Å². The van der Waals surface area contributed by atoms with Crippen molar-refractivity contribution in [3.63, 3.8) is 0 Å². The molecule has 16 heteroatoms. The molecule has 1 unspecified atom stereocenters. The van der Waals surface area contributed by atoms with Gasteiger partial charge in [0, 0.05) is 38.6 Å². The van der Waals surface area contributed by atoms with Gasteiger partial charge in [0.25, 0.3) is 0 Å². The maximum atomic E-state index is 14.2. The first-order valence-electron chi connectivity index (χ1n) is 15.5. The van der Waals surface area contributed by atoms with Crippen LogP contribution in [0.5, 0.6) is 0 Å². The molecule has 0 aromatic heterocycles. The summed E-state index contributed by atoms with van der Waals surface area (Å²) in [5.41, 5.74) is -1.71. The number of nitrogens with zero attached hydrogens (tertiary/aromatic N) is 2. The van der Waals surface area contributed by atoms with Gasteiger partial charge >= 0.3 is 6.03 Å². The highest BCUT2D eigenvalue weighted by atomic mass is 32.2. The zero-order valence-corrected chi connectivity index (χ0v) is 29.7. The predicted molar refractivity (Wildman–Crippen MR) is 169 cm³/mol. The average molecular weight is 681 g/mol. The van der Waals surface area contributed by atoms with Gasteiger partial charge in [-0.3, -0.25) is 14.4 Å². The molecule has 0 radical (unpaired) electrons. The Balaban J connectivity index is 2.34. The normalized spacial score (nSPS) is 23.7. The van der Waals surface area contributed by atoms with Gasteiger partial charge in [-0.2, -0.15) is 0 Å². The molecule has 5 N–H and O–H groups in total. The lowest BCUT2D eigenvalue weighted by molar-refractivity contribution is -0.144. The molecule has 0 aromatic rings. The van der Waals surface area contributed by atoms with Crippen molar-refractivity contribution in [2.75, 3.05) is 33.0 Å². The van der Waals surface area contributed by atoms with Crippen LogP contribution < -0.4 is 21.3 Å². The summed E-state index contributed by atoms with van der Waals surface area (Å²) in [5.74, 6) is -2.53. The molecule has 0 aromatic carbocycles. The molecule has 1 saturated heterocycles. The number of aliphatic hydroxyl groups is 1. The first kappa shape index (κ1) is 39.6. The summed E-state index contributed by atoms with van der Waals surface area (Å²) in [6, 6.07) is -5.85. The zero-order valence-electron chi connectivity index (χ0n) is 28.9. The van der Waals surface area contributed by atoms with Gasteiger partial charge in [0.1, 0.15) is 18.1 Å². The van der Waals surface area contributed by atoms with E-state index in [0.717, 1.165) is 10.6 Å². The minimum atomic E-state index is -3.53. The van der Waals surface area contributed by atoms with Gasteiger partial charge in [-0.25, -0.2) is 26.3 Å². The van der Waals surface area contributed by atoms with Gasteiger partial charge in [-0.05, 0) is 35.0 Å². The number of sulfonamides is 1. The molecule has 266 valence electrons. The Morgan fingerprint density at radius 2 is 1.57 bits per heavy atom. The quantitative estimate of drug-likeness (QED) is 0.194. The van der Waals surface area contributed by atoms with E-state index in [0.29, 0.717) is 0 Å². The summed E-state index contributed by atoms with van der Waals surface area (Å²) in [6.45, 7) is 15.9. The van der Waals surface area contributed by atoms with Gasteiger partial charge < -0.3 is 31.3 Å². The number of likely N-dealkylation sites (N-methyl/N-ethyl adjacent to an activating group) is 1. The average Bonchev–Trinajstić information content (AvgIpc) is 3.20. The zero-order chi connectivity index (χ0) is 35.7. The highest BCUT2D eigenvalue weighted by molar-refractivity contribution is 7.88. The van der Waals surface area contributed by atoms with Crippen LogP contribution in [0.3, 0.4) is 0 Å². The Kier molecular flexibility index (Phi) is 12.3. The molecule has 1 aliphatic heterocycles. The van der Waals surface area contributed by atoms with Gasteiger partial charge in [0.05, 0.1) is 12.9 Å². The maximum Gasteiger partial charge on any atom is 0.315 e. The van der Waals surface area contributed by atoms with Crippen LogP contribution in [-0.2, 0) is 24.4 Å². The molecule has 5 amide bonds. The van der Waals surface area contributed by atoms with Crippen LogP contribution in [0.4, 0.5) is 13.6 Å². The summed E-state index contributed by atoms with van der Waals surface area (Å²) in [7, 11) is -2.13. The van der Waals surface area contributed by atoms with Crippen molar-refractivity contribution in [3.05, 3.63) is 0 Å². The van der Waals surface area contributed by atoms with Crippen molar-refractivity contribution >= 4 is 33.8 Å². The Hall–Kier alpha value is -2.59. The van der Waals surface area contributed by atoms with E-state index in [2.05, 4.69) is 21.3 Å². The van der Waals surface area contributed by atoms with Gasteiger partial charge in [0.15, 0.2) is 0 Å². The van der Waals surface area contributed by atoms with E-state index >= 15 is 0 Å². The highest BCUT2D eigenvalue weighted by Crippen LogP contribution is 2.65. The van der Waals surface area contributed by atoms with Gasteiger partial charge in [-0.15, -0.1) is 0 Å². The smallest absolute Gasteiger partial charge is 0.315 e. The number of carbonyl (C=O) groups excluding carboxylic acids is 4. The van der Waals surface area contributed by atoms with E-state index in [1.807, 2.05) is 34.6 Å². The number of rotatable bonds is 13. The summed E-state index contributed by atoms with van der Waals surface area (Å²) >= 11 is 0. The fourth-order valence-electron chi connectivity index (χ4n) is 5.94. The molecular weight excluding hydrogens is 626 g/mol. The number of piperidine rings is 1.